The van der Waals surface area contributed by atoms with Gasteiger partial charge in [-0.1, -0.05) is 11.8 Å². The number of hydrogen-bond acceptors (Lipinski definition) is 4. The van der Waals surface area contributed by atoms with E-state index in [2.05, 4.69) is 5.32 Å². The Labute approximate surface area is 103 Å². The van der Waals surface area contributed by atoms with Crippen molar-refractivity contribution < 1.29 is 9.39 Å². The van der Waals surface area contributed by atoms with Crippen LogP contribution in [0.1, 0.15) is 4.28 Å². The van der Waals surface area contributed by atoms with Crippen molar-refractivity contribution in [3.63, 3.8) is 0 Å². The van der Waals surface area contributed by atoms with Crippen LogP contribution in [0, 0.1) is 0 Å². The first-order chi connectivity index (χ1) is 4.90. The number of rotatable bonds is 1. The van der Waals surface area contributed by atoms with Gasteiger partial charge in [-0.25, -0.2) is 0 Å². The van der Waals surface area contributed by atoms with Crippen molar-refractivity contribution in [3.05, 3.63) is 23.5 Å². The maximum absolute atomic E-state index is 8.75. The topological polar surface area (TPSA) is 35.5 Å². The molecule has 2 heterocycles. The van der Waals surface area contributed by atoms with E-state index in [9.17, 15) is 0 Å². The van der Waals surface area contributed by atoms with Gasteiger partial charge in [-0.3, -0.25) is 0 Å². The van der Waals surface area contributed by atoms with E-state index in [1.54, 1.807) is 11.8 Å². The van der Waals surface area contributed by atoms with Crippen molar-refractivity contribution in [3.8, 4) is 0 Å². The summed E-state index contributed by atoms with van der Waals surface area (Å²) in [5.74, 6) is 0. The molecule has 0 saturated heterocycles. The van der Waals surface area contributed by atoms with Crippen LogP contribution in [0.5, 0.6) is 0 Å². The molecular formula is C6H12AlLiN2OS. The van der Waals surface area contributed by atoms with E-state index >= 15 is 0 Å². The average molecular weight is 194 g/mol. The van der Waals surface area contributed by atoms with Gasteiger partial charge in [0, 0.05) is 23.5 Å². The van der Waals surface area contributed by atoms with Gasteiger partial charge < -0.3 is 19.6 Å². The van der Waals surface area contributed by atoms with Crippen molar-refractivity contribution in [2.45, 2.75) is 5.50 Å². The van der Waals surface area contributed by atoms with Gasteiger partial charge in [0.25, 0.3) is 0 Å². The molecule has 6 heteroatoms. The first-order valence-electron chi connectivity index (χ1n) is 3.08. The monoisotopic (exact) mass is 194 g/mol. The van der Waals surface area contributed by atoms with E-state index in [0.717, 1.165) is 4.91 Å². The molecule has 12 heavy (non-hydrogen) atoms. The number of fused-ring (bicyclic) bond motifs is 1. The molecule has 62 valence electrons. The second-order valence-corrected chi connectivity index (χ2v) is 3.36. The summed E-state index contributed by atoms with van der Waals surface area (Å²) in [6.45, 7) is 0.146. The number of thioether (sulfide) groups is 1. The number of aliphatic hydroxyl groups is 1. The summed E-state index contributed by atoms with van der Waals surface area (Å²) in [6, 6.07) is 0. The van der Waals surface area contributed by atoms with Crippen molar-refractivity contribution in [2.75, 3.05) is 6.61 Å². The molecule has 0 aromatic heterocycles. The third kappa shape index (κ3) is 2.26. The van der Waals surface area contributed by atoms with E-state index in [0.29, 0.717) is 5.50 Å². The molecule has 0 aromatic rings. The van der Waals surface area contributed by atoms with E-state index in [1.807, 2.05) is 23.5 Å². The Morgan fingerprint density at radius 2 is 2.50 bits per heavy atom. The van der Waals surface area contributed by atoms with E-state index in [-0.39, 0.29) is 47.1 Å². The molecule has 1 atom stereocenters. The molecule has 0 bridgehead atoms. The molecule has 2 N–H and O–H groups in total. The molecule has 0 radical (unpaired) electrons. The fourth-order valence-electron chi connectivity index (χ4n) is 0.999. The zero-order chi connectivity index (χ0) is 6.97. The molecule has 0 amide bonds. The zero-order valence-corrected chi connectivity index (χ0v) is 7.87. The Hall–Kier alpha value is 0.520. The molecule has 3 nitrogen and oxygen atoms in total. The molecule has 0 spiro atoms. The van der Waals surface area contributed by atoms with Crippen LogP contribution in [0.3, 0.4) is 0 Å². The second kappa shape index (κ2) is 5.29. The summed E-state index contributed by atoms with van der Waals surface area (Å²) in [7, 11) is 0. The van der Waals surface area contributed by atoms with Crippen LogP contribution in [0.25, 0.3) is 0 Å². The number of nitrogens with one attached hydrogen (secondary N) is 1. The Kier molecular flexibility index (Phi) is 5.52. The van der Waals surface area contributed by atoms with Gasteiger partial charge in [0.15, 0.2) is 5.50 Å². The molecule has 0 fully saturated rings. The van der Waals surface area contributed by atoms with Crippen LogP contribution >= 0.6 is 11.8 Å². The third-order valence-corrected chi connectivity index (χ3v) is 2.61. The van der Waals surface area contributed by atoms with Crippen molar-refractivity contribution in [1.29, 1.82) is 0 Å². The van der Waals surface area contributed by atoms with E-state index in [1.165, 1.54) is 0 Å². The SMILES string of the molecule is OCC1=CN2C=CNC2S1.[Al+3].[H-].[H-].[H-].[LiH]. The molecule has 2 rings (SSSR count). The molecule has 0 aliphatic carbocycles. The number of aliphatic hydroxyl groups excluding tert-OH is 1. The summed E-state index contributed by atoms with van der Waals surface area (Å²) in [6.07, 6.45) is 5.81. The zero-order valence-electron chi connectivity index (χ0n) is 8.90. The molecule has 2 aliphatic rings. The Morgan fingerprint density at radius 3 is 3.08 bits per heavy atom. The molecular weight excluding hydrogens is 182 g/mol. The quantitative estimate of drug-likeness (QED) is 0.553. The minimum absolute atomic E-state index is 0. The van der Waals surface area contributed by atoms with Gasteiger partial charge in [0.2, 0.25) is 0 Å². The van der Waals surface area contributed by atoms with Crippen LogP contribution < -0.4 is 5.32 Å². The van der Waals surface area contributed by atoms with E-state index < -0.39 is 0 Å². The van der Waals surface area contributed by atoms with Gasteiger partial charge in [0.05, 0.1) is 6.61 Å². The first kappa shape index (κ1) is 12.5. The predicted octanol–water partition coefficient (Wildman–Crippen LogP) is -0.465. The van der Waals surface area contributed by atoms with Crippen molar-refractivity contribution in [2.24, 2.45) is 0 Å². The van der Waals surface area contributed by atoms with Gasteiger partial charge in [-0.05, 0) is 0 Å². The fourth-order valence-corrected chi connectivity index (χ4v) is 1.94. The summed E-state index contributed by atoms with van der Waals surface area (Å²) >= 11 is 1.64. The Bertz CT molecular complexity index is 223. The molecule has 0 saturated carbocycles. The summed E-state index contributed by atoms with van der Waals surface area (Å²) in [4.78, 5) is 3.05. The number of hydrogen-bond donors (Lipinski definition) is 2. The first-order valence-corrected chi connectivity index (χ1v) is 3.96. The molecule has 0 aromatic carbocycles. The van der Waals surface area contributed by atoms with Crippen LogP contribution in [-0.2, 0) is 0 Å². The number of nitrogens with zero attached hydrogens (tertiary/aromatic N) is 1. The van der Waals surface area contributed by atoms with Crippen LogP contribution in [-0.4, -0.2) is 58.3 Å². The fraction of sp³-hybridized carbons (Fsp3) is 0.333. The summed E-state index contributed by atoms with van der Waals surface area (Å²) < 4.78 is 0. The predicted molar refractivity (Wildman–Crippen MR) is 56.9 cm³/mol. The van der Waals surface area contributed by atoms with Gasteiger partial charge in [-0.2, -0.15) is 0 Å². The maximum atomic E-state index is 8.75. The second-order valence-electron chi connectivity index (χ2n) is 2.15. The molecule has 1 unspecified atom stereocenters. The van der Waals surface area contributed by atoms with Gasteiger partial charge in [0.1, 0.15) is 0 Å². The van der Waals surface area contributed by atoms with Crippen molar-refractivity contribution >= 4 is 48.0 Å². The van der Waals surface area contributed by atoms with Crippen LogP contribution in [0.2, 0.25) is 0 Å². The van der Waals surface area contributed by atoms with Crippen molar-refractivity contribution in [1.82, 2.24) is 10.2 Å². The van der Waals surface area contributed by atoms with Crippen LogP contribution in [0.15, 0.2) is 23.5 Å². The van der Waals surface area contributed by atoms with Gasteiger partial charge in [-0.15, -0.1) is 0 Å². The normalized spacial score (nSPS) is 23.6. The average Bonchev–Trinajstić information content (AvgIpc) is 2.42. The molecule has 2 aliphatic heterocycles. The van der Waals surface area contributed by atoms with Gasteiger partial charge >= 0.3 is 36.2 Å². The van der Waals surface area contributed by atoms with Crippen LogP contribution in [0.4, 0.5) is 0 Å². The summed E-state index contributed by atoms with van der Waals surface area (Å²) in [5.41, 5.74) is 0.294. The van der Waals surface area contributed by atoms with E-state index in [4.69, 9.17) is 5.11 Å². The minimum atomic E-state index is 0. The Balaban J connectivity index is -0.000000121. The summed E-state index contributed by atoms with van der Waals surface area (Å²) in [5, 5.41) is 11.9. The Morgan fingerprint density at radius 1 is 1.75 bits per heavy atom. The third-order valence-electron chi connectivity index (χ3n) is 1.47. The standard InChI is InChI=1S/C6H8N2OS.Al.Li.4H/c9-4-5-3-8-2-1-7-6(8)10-5;;;;;;/h1-3,6-7,9H,4H2;;;;;;/q;+3;;;3*-1.